The van der Waals surface area contributed by atoms with Crippen LogP contribution in [-0.4, -0.2) is 11.9 Å². The standard InChI is InChI=1S/C12H17BrClNS/c13-10-5-11(16-8-10)7-15-6-9-3-1-2-4-12(9)14/h5,8-9,12,15H,1-4,6-7H2. The summed E-state index contributed by atoms with van der Waals surface area (Å²) in [4.78, 5) is 1.38. The van der Waals surface area contributed by atoms with Crippen molar-refractivity contribution in [2.45, 2.75) is 37.6 Å². The summed E-state index contributed by atoms with van der Waals surface area (Å²) in [5.41, 5.74) is 0. The zero-order valence-electron chi connectivity index (χ0n) is 9.22. The van der Waals surface area contributed by atoms with Crippen molar-refractivity contribution in [2.75, 3.05) is 6.54 Å². The molecule has 2 rings (SSSR count). The summed E-state index contributed by atoms with van der Waals surface area (Å²) in [6, 6.07) is 2.18. The van der Waals surface area contributed by atoms with Crippen LogP contribution >= 0.6 is 38.9 Å². The number of halogens is 2. The van der Waals surface area contributed by atoms with Crippen LogP contribution in [0.15, 0.2) is 15.9 Å². The summed E-state index contributed by atoms with van der Waals surface area (Å²) in [7, 11) is 0. The Morgan fingerprint density at radius 3 is 2.94 bits per heavy atom. The number of thiophene rings is 1. The van der Waals surface area contributed by atoms with Crippen molar-refractivity contribution in [3.8, 4) is 0 Å². The topological polar surface area (TPSA) is 12.0 Å². The Kier molecular flexibility index (Phi) is 5.14. The lowest BCUT2D eigenvalue weighted by molar-refractivity contribution is 0.349. The average molecular weight is 323 g/mol. The second kappa shape index (κ2) is 6.39. The fourth-order valence-electron chi connectivity index (χ4n) is 2.22. The Bertz CT molecular complexity index is 329. The van der Waals surface area contributed by atoms with Crippen LogP contribution in [0.4, 0.5) is 0 Å². The summed E-state index contributed by atoms with van der Waals surface area (Å²) in [5.74, 6) is 0.666. The first-order valence-electron chi connectivity index (χ1n) is 5.83. The molecule has 0 aromatic carbocycles. The van der Waals surface area contributed by atoms with Crippen LogP contribution in [0.25, 0.3) is 0 Å². The molecule has 0 spiro atoms. The smallest absolute Gasteiger partial charge is 0.0376 e. The van der Waals surface area contributed by atoms with Crippen molar-refractivity contribution in [1.82, 2.24) is 5.32 Å². The van der Waals surface area contributed by atoms with Gasteiger partial charge in [0.15, 0.2) is 0 Å². The highest BCUT2D eigenvalue weighted by atomic mass is 79.9. The van der Waals surface area contributed by atoms with E-state index in [1.165, 1.54) is 35.0 Å². The molecule has 4 heteroatoms. The Labute approximate surface area is 115 Å². The van der Waals surface area contributed by atoms with Crippen molar-refractivity contribution < 1.29 is 0 Å². The summed E-state index contributed by atoms with van der Waals surface area (Å²) in [6.45, 7) is 2.03. The zero-order valence-corrected chi connectivity index (χ0v) is 12.4. The average Bonchev–Trinajstić information content (AvgIpc) is 2.67. The van der Waals surface area contributed by atoms with Gasteiger partial charge in [-0.3, -0.25) is 0 Å². The molecule has 90 valence electrons. The van der Waals surface area contributed by atoms with Gasteiger partial charge in [0, 0.05) is 26.7 Å². The fourth-order valence-corrected chi connectivity index (χ4v) is 4.01. The lowest BCUT2D eigenvalue weighted by atomic mass is 9.89. The highest BCUT2D eigenvalue weighted by Gasteiger charge is 2.22. The van der Waals surface area contributed by atoms with E-state index >= 15 is 0 Å². The van der Waals surface area contributed by atoms with Crippen molar-refractivity contribution in [2.24, 2.45) is 5.92 Å². The molecule has 0 radical (unpaired) electrons. The van der Waals surface area contributed by atoms with E-state index in [2.05, 4.69) is 32.7 Å². The van der Waals surface area contributed by atoms with E-state index in [1.807, 2.05) is 0 Å². The Morgan fingerprint density at radius 2 is 2.25 bits per heavy atom. The van der Waals surface area contributed by atoms with Gasteiger partial charge in [0.05, 0.1) is 0 Å². The van der Waals surface area contributed by atoms with E-state index in [0.29, 0.717) is 11.3 Å². The van der Waals surface area contributed by atoms with Gasteiger partial charge in [0.2, 0.25) is 0 Å². The Balaban J connectivity index is 1.71. The molecule has 2 unspecified atom stereocenters. The molecule has 0 saturated heterocycles. The Hall–Kier alpha value is 0.430. The lowest BCUT2D eigenvalue weighted by Crippen LogP contribution is -2.30. The van der Waals surface area contributed by atoms with Crippen LogP contribution < -0.4 is 5.32 Å². The second-order valence-electron chi connectivity index (χ2n) is 4.42. The first-order chi connectivity index (χ1) is 7.75. The molecule has 1 saturated carbocycles. The van der Waals surface area contributed by atoms with E-state index in [9.17, 15) is 0 Å². The molecule has 1 aromatic heterocycles. The van der Waals surface area contributed by atoms with Crippen LogP contribution in [-0.2, 0) is 6.54 Å². The SMILES string of the molecule is ClC1CCCCC1CNCc1cc(Br)cs1. The molecule has 1 aliphatic carbocycles. The van der Waals surface area contributed by atoms with Gasteiger partial charge < -0.3 is 5.32 Å². The van der Waals surface area contributed by atoms with Gasteiger partial charge in [-0.05, 0) is 47.3 Å². The third-order valence-corrected chi connectivity index (χ3v) is 5.42. The monoisotopic (exact) mass is 321 g/mol. The zero-order chi connectivity index (χ0) is 11.4. The van der Waals surface area contributed by atoms with Gasteiger partial charge in [0.1, 0.15) is 0 Å². The van der Waals surface area contributed by atoms with Crippen molar-refractivity contribution >= 4 is 38.9 Å². The van der Waals surface area contributed by atoms with Gasteiger partial charge in [-0.25, -0.2) is 0 Å². The highest BCUT2D eigenvalue weighted by molar-refractivity contribution is 9.10. The fraction of sp³-hybridized carbons (Fsp3) is 0.667. The molecule has 0 amide bonds. The molecule has 0 aliphatic heterocycles. The van der Waals surface area contributed by atoms with Crippen molar-refractivity contribution in [3.05, 3.63) is 20.8 Å². The molecule has 1 aromatic rings. The molecular weight excluding hydrogens is 306 g/mol. The third-order valence-electron chi connectivity index (χ3n) is 3.14. The van der Waals surface area contributed by atoms with Gasteiger partial charge in [-0.2, -0.15) is 0 Å². The molecule has 1 aliphatic rings. The molecule has 2 atom stereocenters. The van der Waals surface area contributed by atoms with Crippen LogP contribution in [0.5, 0.6) is 0 Å². The van der Waals surface area contributed by atoms with Gasteiger partial charge >= 0.3 is 0 Å². The highest BCUT2D eigenvalue weighted by Crippen LogP contribution is 2.28. The molecule has 16 heavy (non-hydrogen) atoms. The maximum atomic E-state index is 6.32. The van der Waals surface area contributed by atoms with Gasteiger partial charge in [-0.15, -0.1) is 22.9 Å². The molecule has 1 heterocycles. The van der Waals surface area contributed by atoms with E-state index in [1.54, 1.807) is 11.3 Å². The van der Waals surface area contributed by atoms with E-state index in [-0.39, 0.29) is 0 Å². The number of alkyl halides is 1. The predicted molar refractivity (Wildman–Crippen MR) is 75.3 cm³/mol. The van der Waals surface area contributed by atoms with E-state index < -0.39 is 0 Å². The minimum absolute atomic E-state index is 0.385. The van der Waals surface area contributed by atoms with Crippen molar-refractivity contribution in [1.29, 1.82) is 0 Å². The largest absolute Gasteiger partial charge is 0.312 e. The number of nitrogens with one attached hydrogen (secondary N) is 1. The van der Waals surface area contributed by atoms with Crippen LogP contribution in [0.2, 0.25) is 0 Å². The second-order valence-corrected chi connectivity index (χ2v) is 6.89. The van der Waals surface area contributed by atoms with Crippen LogP contribution in [0.1, 0.15) is 30.6 Å². The quantitative estimate of drug-likeness (QED) is 0.810. The van der Waals surface area contributed by atoms with Crippen molar-refractivity contribution in [3.63, 3.8) is 0 Å². The minimum atomic E-state index is 0.385. The van der Waals surface area contributed by atoms with Crippen LogP contribution in [0, 0.1) is 5.92 Å². The first kappa shape index (κ1) is 12.9. The van der Waals surface area contributed by atoms with Gasteiger partial charge in [0.25, 0.3) is 0 Å². The maximum Gasteiger partial charge on any atom is 0.0376 e. The summed E-state index contributed by atoms with van der Waals surface area (Å²) >= 11 is 11.6. The molecule has 1 fully saturated rings. The number of rotatable bonds is 4. The predicted octanol–water partition coefficient (Wildman–Crippen LogP) is 4.40. The van der Waals surface area contributed by atoms with E-state index in [4.69, 9.17) is 11.6 Å². The molecule has 1 N–H and O–H groups in total. The maximum absolute atomic E-state index is 6.32. The van der Waals surface area contributed by atoms with Crippen LogP contribution in [0.3, 0.4) is 0 Å². The Morgan fingerprint density at radius 1 is 1.44 bits per heavy atom. The number of hydrogen-bond donors (Lipinski definition) is 1. The first-order valence-corrected chi connectivity index (χ1v) is 7.94. The van der Waals surface area contributed by atoms with E-state index in [0.717, 1.165) is 13.1 Å². The lowest BCUT2D eigenvalue weighted by Gasteiger charge is -2.27. The molecule has 0 bridgehead atoms. The summed E-state index contributed by atoms with van der Waals surface area (Å²) < 4.78 is 1.18. The molecular formula is C12H17BrClNS. The number of hydrogen-bond acceptors (Lipinski definition) is 2. The third kappa shape index (κ3) is 3.73. The van der Waals surface area contributed by atoms with Gasteiger partial charge in [-0.1, -0.05) is 12.8 Å². The molecule has 1 nitrogen and oxygen atoms in total. The summed E-state index contributed by atoms with van der Waals surface area (Å²) in [6.07, 6.45) is 5.14. The minimum Gasteiger partial charge on any atom is -0.312 e. The normalized spacial score (nSPS) is 25.9. The summed E-state index contributed by atoms with van der Waals surface area (Å²) in [5, 5.41) is 6.03.